The van der Waals surface area contributed by atoms with Crippen LogP contribution in [0.1, 0.15) is 25.8 Å². The molecule has 112 valence electrons. The molecule has 0 aliphatic rings. The lowest BCUT2D eigenvalue weighted by molar-refractivity contribution is -0.164. The van der Waals surface area contributed by atoms with Crippen molar-refractivity contribution in [1.29, 1.82) is 0 Å². The Morgan fingerprint density at radius 1 is 1.30 bits per heavy atom. The van der Waals surface area contributed by atoms with Gasteiger partial charge in [-0.15, -0.1) is 0 Å². The summed E-state index contributed by atoms with van der Waals surface area (Å²) in [5.41, 5.74) is 7.06. The predicted molar refractivity (Wildman–Crippen MR) is 72.1 cm³/mol. The lowest BCUT2D eigenvalue weighted by Gasteiger charge is -2.27. The number of aryl methyl sites for hydroxylation is 1. The monoisotopic (exact) mass is 288 g/mol. The molecular formula is C14H19F3N2O. The quantitative estimate of drug-likeness (QED) is 0.847. The average Bonchev–Trinajstić information content (AvgIpc) is 2.33. The van der Waals surface area contributed by atoms with Crippen LogP contribution in [0.2, 0.25) is 0 Å². The Morgan fingerprint density at radius 3 is 2.40 bits per heavy atom. The second-order valence-corrected chi connectivity index (χ2v) is 4.93. The molecule has 20 heavy (non-hydrogen) atoms. The van der Waals surface area contributed by atoms with Crippen molar-refractivity contribution in [2.24, 2.45) is 0 Å². The molecule has 1 rings (SSSR count). The topological polar surface area (TPSA) is 46.3 Å². The second kappa shape index (κ2) is 6.63. The molecule has 0 saturated heterocycles. The summed E-state index contributed by atoms with van der Waals surface area (Å²) in [6, 6.07) is 6.54. The van der Waals surface area contributed by atoms with Crippen molar-refractivity contribution >= 4 is 11.6 Å². The van der Waals surface area contributed by atoms with Gasteiger partial charge in [0.05, 0.1) is 0 Å². The third kappa shape index (κ3) is 5.11. The summed E-state index contributed by atoms with van der Waals surface area (Å²) in [6.45, 7) is 1.93. The third-order valence-electron chi connectivity index (χ3n) is 2.96. The first kappa shape index (κ1) is 16.3. The molecular weight excluding hydrogens is 269 g/mol. The molecule has 2 N–H and O–H groups in total. The minimum absolute atomic E-state index is 0.0163. The van der Waals surface area contributed by atoms with Crippen molar-refractivity contribution < 1.29 is 18.0 Å². The van der Waals surface area contributed by atoms with E-state index in [-0.39, 0.29) is 6.42 Å². The van der Waals surface area contributed by atoms with Crippen molar-refractivity contribution in [3.8, 4) is 0 Å². The lowest BCUT2D eigenvalue weighted by Crippen LogP contribution is -2.43. The molecule has 0 heterocycles. The Labute approximate surface area is 116 Å². The lowest BCUT2D eigenvalue weighted by atomic mass is 10.1. The van der Waals surface area contributed by atoms with Crippen LogP contribution in [0.3, 0.4) is 0 Å². The molecule has 0 saturated carbocycles. The maximum Gasteiger partial charge on any atom is 0.406 e. The molecule has 6 heteroatoms. The van der Waals surface area contributed by atoms with Gasteiger partial charge < -0.3 is 10.6 Å². The first-order chi connectivity index (χ1) is 9.20. The number of nitrogens with two attached hydrogens (primary N) is 1. The van der Waals surface area contributed by atoms with Gasteiger partial charge >= 0.3 is 6.18 Å². The number of benzene rings is 1. The number of nitrogens with zero attached hydrogens (tertiary/aromatic N) is 1. The van der Waals surface area contributed by atoms with E-state index >= 15 is 0 Å². The largest absolute Gasteiger partial charge is 0.406 e. The number of alkyl halides is 3. The van der Waals surface area contributed by atoms with Crippen molar-refractivity contribution in [2.75, 3.05) is 12.3 Å². The van der Waals surface area contributed by atoms with Crippen molar-refractivity contribution in [3.63, 3.8) is 0 Å². The number of rotatable bonds is 5. The van der Waals surface area contributed by atoms with Crippen LogP contribution < -0.4 is 5.73 Å². The zero-order chi connectivity index (χ0) is 15.3. The maximum absolute atomic E-state index is 12.4. The normalized spacial score (nSPS) is 11.7. The summed E-state index contributed by atoms with van der Waals surface area (Å²) in [5.74, 6) is -0.513. The number of carbonyl (C=O) groups excluding carboxylic acids is 1. The van der Waals surface area contributed by atoms with Crippen LogP contribution in [-0.4, -0.2) is 29.6 Å². The van der Waals surface area contributed by atoms with Crippen LogP contribution in [0.25, 0.3) is 0 Å². The van der Waals surface area contributed by atoms with Crippen LogP contribution in [0.15, 0.2) is 24.3 Å². The number of amides is 1. The molecule has 0 spiro atoms. The molecule has 0 aliphatic carbocycles. The van der Waals surface area contributed by atoms with Gasteiger partial charge in [0, 0.05) is 18.2 Å². The third-order valence-corrected chi connectivity index (χ3v) is 2.96. The van der Waals surface area contributed by atoms with Crippen molar-refractivity contribution in [3.05, 3.63) is 29.8 Å². The van der Waals surface area contributed by atoms with Gasteiger partial charge in [-0.3, -0.25) is 4.79 Å². The van der Waals surface area contributed by atoms with Gasteiger partial charge in [-0.1, -0.05) is 18.2 Å². The standard InChI is InChI=1S/C14H19F3N2O/c1-10(2)19(9-14(15,16)17)13(20)8-7-11-5-3-4-6-12(11)18/h3-6,10H,7-9,18H2,1-2H3. The highest BCUT2D eigenvalue weighted by Crippen LogP contribution is 2.20. The van der Waals surface area contributed by atoms with Crippen LogP contribution >= 0.6 is 0 Å². The number of nitrogen functional groups attached to an aromatic ring is 1. The summed E-state index contributed by atoms with van der Waals surface area (Å²) < 4.78 is 37.3. The smallest absolute Gasteiger partial charge is 0.399 e. The first-order valence-corrected chi connectivity index (χ1v) is 6.40. The number of hydrogen-bond donors (Lipinski definition) is 1. The van der Waals surface area contributed by atoms with E-state index < -0.39 is 24.7 Å². The Kier molecular flexibility index (Phi) is 5.42. The highest BCUT2D eigenvalue weighted by atomic mass is 19.4. The number of halogens is 3. The molecule has 1 aromatic carbocycles. The average molecular weight is 288 g/mol. The zero-order valence-electron chi connectivity index (χ0n) is 11.6. The SMILES string of the molecule is CC(C)N(CC(F)(F)F)C(=O)CCc1ccccc1N. The molecule has 0 atom stereocenters. The summed E-state index contributed by atoms with van der Waals surface area (Å²) in [7, 11) is 0. The van der Waals surface area contributed by atoms with Crippen molar-refractivity contribution in [2.45, 2.75) is 38.9 Å². The van der Waals surface area contributed by atoms with Gasteiger partial charge in [-0.05, 0) is 31.9 Å². The molecule has 0 bridgehead atoms. The summed E-state index contributed by atoms with van der Waals surface area (Å²) in [6.07, 6.45) is -4.03. The molecule has 1 amide bonds. The maximum atomic E-state index is 12.4. The molecule has 0 aliphatic heterocycles. The Bertz CT molecular complexity index is 458. The van der Waals surface area contributed by atoms with Crippen LogP contribution in [-0.2, 0) is 11.2 Å². The minimum Gasteiger partial charge on any atom is -0.399 e. The van der Waals surface area contributed by atoms with E-state index in [4.69, 9.17) is 5.73 Å². The zero-order valence-corrected chi connectivity index (χ0v) is 11.6. The molecule has 3 nitrogen and oxygen atoms in total. The van der Waals surface area contributed by atoms with E-state index in [1.165, 1.54) is 0 Å². The minimum atomic E-state index is -4.38. The number of anilines is 1. The fourth-order valence-corrected chi connectivity index (χ4v) is 1.90. The van der Waals surface area contributed by atoms with Crippen LogP contribution in [0, 0.1) is 0 Å². The highest BCUT2D eigenvalue weighted by molar-refractivity contribution is 5.77. The van der Waals surface area contributed by atoms with Crippen LogP contribution in [0.5, 0.6) is 0 Å². The van der Waals surface area contributed by atoms with Gasteiger partial charge in [0.1, 0.15) is 6.54 Å². The Balaban J connectivity index is 2.66. The van der Waals surface area contributed by atoms with Gasteiger partial charge in [0.15, 0.2) is 0 Å². The molecule has 0 aromatic heterocycles. The van der Waals surface area contributed by atoms with Gasteiger partial charge in [-0.2, -0.15) is 13.2 Å². The van der Waals surface area contributed by atoms with E-state index in [9.17, 15) is 18.0 Å². The van der Waals surface area contributed by atoms with Gasteiger partial charge in [0.2, 0.25) is 5.91 Å². The summed E-state index contributed by atoms with van der Waals surface area (Å²) in [5, 5.41) is 0. The molecule has 0 unspecified atom stereocenters. The number of hydrogen-bond acceptors (Lipinski definition) is 2. The summed E-state index contributed by atoms with van der Waals surface area (Å²) >= 11 is 0. The number of carbonyl (C=O) groups is 1. The van der Waals surface area contributed by atoms with Crippen molar-refractivity contribution in [1.82, 2.24) is 4.90 Å². The second-order valence-electron chi connectivity index (χ2n) is 4.93. The van der Waals surface area contributed by atoms with E-state index in [0.29, 0.717) is 12.1 Å². The van der Waals surface area contributed by atoms with Gasteiger partial charge in [0.25, 0.3) is 0 Å². The van der Waals surface area contributed by atoms with Gasteiger partial charge in [-0.25, -0.2) is 0 Å². The first-order valence-electron chi connectivity index (χ1n) is 6.40. The molecule has 0 radical (unpaired) electrons. The van der Waals surface area contributed by atoms with E-state index in [1.54, 1.807) is 38.1 Å². The number of para-hydroxylation sites is 1. The van der Waals surface area contributed by atoms with Crippen LogP contribution in [0.4, 0.5) is 18.9 Å². The molecule has 1 aromatic rings. The van der Waals surface area contributed by atoms with E-state index in [1.807, 2.05) is 0 Å². The van der Waals surface area contributed by atoms with E-state index in [0.717, 1.165) is 10.5 Å². The Hall–Kier alpha value is -1.72. The van der Waals surface area contributed by atoms with E-state index in [2.05, 4.69) is 0 Å². The fourth-order valence-electron chi connectivity index (χ4n) is 1.90. The predicted octanol–water partition coefficient (Wildman–Crippen LogP) is 3.00. The summed E-state index contributed by atoms with van der Waals surface area (Å²) in [4.78, 5) is 12.8. The molecule has 0 fully saturated rings. The highest BCUT2D eigenvalue weighted by Gasteiger charge is 2.33. The Morgan fingerprint density at radius 2 is 1.90 bits per heavy atom. The fraction of sp³-hybridized carbons (Fsp3) is 0.500.